The van der Waals surface area contributed by atoms with Crippen LogP contribution in [0.2, 0.25) is 0 Å². The third-order valence-electron chi connectivity index (χ3n) is 3.54. The SMILES string of the molecule is CC(=O)NCC1CCN(c2c(F)c(F)nc(F)c2F)CC1. The number of carbonyl (C=O) groups excluding carboxylic acids is 1. The molecule has 1 amide bonds. The summed E-state index contributed by atoms with van der Waals surface area (Å²) in [6.07, 6.45) is 1.12. The molecule has 0 unspecified atom stereocenters. The minimum absolute atomic E-state index is 0.146. The van der Waals surface area contributed by atoms with Gasteiger partial charge in [0.25, 0.3) is 11.9 Å². The summed E-state index contributed by atoms with van der Waals surface area (Å²) in [6, 6.07) is 0. The van der Waals surface area contributed by atoms with Gasteiger partial charge < -0.3 is 10.2 Å². The maximum Gasteiger partial charge on any atom is 0.253 e. The van der Waals surface area contributed by atoms with Gasteiger partial charge >= 0.3 is 0 Å². The zero-order valence-corrected chi connectivity index (χ0v) is 11.4. The molecule has 4 nitrogen and oxygen atoms in total. The van der Waals surface area contributed by atoms with Crippen LogP contribution in [-0.4, -0.2) is 30.5 Å². The standard InChI is InChI=1S/C13H15F4N3O/c1-7(21)18-6-8-2-4-20(5-3-8)11-9(14)12(16)19-13(17)10(11)15/h8H,2-6H2,1H3,(H,18,21). The molecular formula is C13H15F4N3O. The number of pyridine rings is 1. The fourth-order valence-electron chi connectivity index (χ4n) is 2.40. The summed E-state index contributed by atoms with van der Waals surface area (Å²) in [6.45, 7) is 2.39. The highest BCUT2D eigenvalue weighted by Gasteiger charge is 2.28. The Morgan fingerprint density at radius 2 is 1.71 bits per heavy atom. The van der Waals surface area contributed by atoms with E-state index in [1.165, 1.54) is 11.8 Å². The van der Waals surface area contributed by atoms with Gasteiger partial charge in [0.15, 0.2) is 0 Å². The third kappa shape index (κ3) is 3.43. The number of hydrogen-bond donors (Lipinski definition) is 1. The molecule has 0 spiro atoms. The molecule has 1 fully saturated rings. The van der Waals surface area contributed by atoms with Crippen LogP contribution in [0.1, 0.15) is 19.8 Å². The first-order valence-corrected chi connectivity index (χ1v) is 6.59. The van der Waals surface area contributed by atoms with Crippen molar-refractivity contribution in [2.75, 3.05) is 24.5 Å². The molecule has 0 saturated carbocycles. The van der Waals surface area contributed by atoms with Crippen LogP contribution in [0.15, 0.2) is 0 Å². The number of hydrogen-bond acceptors (Lipinski definition) is 3. The van der Waals surface area contributed by atoms with E-state index in [4.69, 9.17) is 0 Å². The second kappa shape index (κ2) is 6.28. The second-order valence-corrected chi connectivity index (χ2v) is 5.04. The van der Waals surface area contributed by atoms with Crippen molar-refractivity contribution in [3.05, 3.63) is 23.5 Å². The van der Waals surface area contributed by atoms with Gasteiger partial charge in [-0.25, -0.2) is 0 Å². The second-order valence-electron chi connectivity index (χ2n) is 5.04. The molecule has 21 heavy (non-hydrogen) atoms. The van der Waals surface area contributed by atoms with Crippen molar-refractivity contribution in [3.8, 4) is 0 Å². The number of rotatable bonds is 3. The zero-order valence-electron chi connectivity index (χ0n) is 11.4. The smallest absolute Gasteiger partial charge is 0.253 e. The van der Waals surface area contributed by atoms with Crippen LogP contribution in [-0.2, 0) is 4.79 Å². The van der Waals surface area contributed by atoms with Crippen molar-refractivity contribution in [1.82, 2.24) is 10.3 Å². The molecule has 2 heterocycles. The number of piperidine rings is 1. The lowest BCUT2D eigenvalue weighted by molar-refractivity contribution is -0.119. The Labute approximate surface area is 119 Å². The van der Waals surface area contributed by atoms with Crippen LogP contribution in [0.25, 0.3) is 0 Å². The molecule has 0 bridgehead atoms. The average Bonchev–Trinajstić information content (AvgIpc) is 2.44. The highest BCUT2D eigenvalue weighted by molar-refractivity contribution is 5.72. The molecule has 116 valence electrons. The van der Waals surface area contributed by atoms with Crippen molar-refractivity contribution in [2.24, 2.45) is 5.92 Å². The summed E-state index contributed by atoms with van der Waals surface area (Å²) in [5, 5.41) is 2.68. The minimum atomic E-state index is -1.65. The lowest BCUT2D eigenvalue weighted by Crippen LogP contribution is -2.39. The predicted molar refractivity (Wildman–Crippen MR) is 67.7 cm³/mol. The predicted octanol–water partition coefficient (Wildman–Crippen LogP) is 1.99. The topological polar surface area (TPSA) is 45.2 Å². The van der Waals surface area contributed by atoms with E-state index in [2.05, 4.69) is 10.3 Å². The number of carbonyl (C=O) groups is 1. The van der Waals surface area contributed by atoms with Gasteiger partial charge in [0, 0.05) is 26.6 Å². The van der Waals surface area contributed by atoms with E-state index in [1.54, 1.807) is 0 Å². The van der Waals surface area contributed by atoms with Gasteiger partial charge in [-0.15, -0.1) is 0 Å². The summed E-state index contributed by atoms with van der Waals surface area (Å²) >= 11 is 0. The van der Waals surface area contributed by atoms with Gasteiger partial charge in [-0.1, -0.05) is 0 Å². The molecule has 0 aromatic carbocycles. The first-order chi connectivity index (χ1) is 9.90. The Morgan fingerprint density at radius 1 is 1.19 bits per heavy atom. The van der Waals surface area contributed by atoms with Gasteiger partial charge in [-0.2, -0.15) is 22.5 Å². The Kier molecular flexibility index (Phi) is 4.64. The number of halogens is 4. The molecule has 1 aromatic heterocycles. The molecule has 1 saturated heterocycles. The van der Waals surface area contributed by atoms with Crippen LogP contribution in [0, 0.1) is 29.4 Å². The fourth-order valence-corrected chi connectivity index (χ4v) is 2.40. The molecule has 1 aliphatic heterocycles. The summed E-state index contributed by atoms with van der Waals surface area (Å²) in [7, 11) is 0. The Hall–Kier alpha value is -1.86. The number of nitrogens with one attached hydrogen (secondary N) is 1. The number of aromatic nitrogens is 1. The van der Waals surface area contributed by atoms with Crippen molar-refractivity contribution in [1.29, 1.82) is 0 Å². The summed E-state index contributed by atoms with van der Waals surface area (Å²) < 4.78 is 53.5. The van der Waals surface area contributed by atoms with Crippen molar-refractivity contribution < 1.29 is 22.4 Å². The first kappa shape index (κ1) is 15.5. The Morgan fingerprint density at radius 3 is 2.19 bits per heavy atom. The third-order valence-corrected chi connectivity index (χ3v) is 3.54. The van der Waals surface area contributed by atoms with E-state index in [-0.39, 0.29) is 24.9 Å². The number of anilines is 1. The molecule has 0 atom stereocenters. The summed E-state index contributed by atoms with van der Waals surface area (Å²) in [5.74, 6) is -6.22. The maximum absolute atomic E-state index is 13.6. The highest BCUT2D eigenvalue weighted by Crippen LogP contribution is 2.29. The van der Waals surface area contributed by atoms with Crippen LogP contribution in [0.5, 0.6) is 0 Å². The van der Waals surface area contributed by atoms with Crippen LogP contribution >= 0.6 is 0 Å². The fraction of sp³-hybridized carbons (Fsp3) is 0.538. The largest absolute Gasteiger partial charge is 0.366 e. The molecule has 0 radical (unpaired) electrons. The van der Waals surface area contributed by atoms with Crippen molar-refractivity contribution >= 4 is 11.6 Å². The van der Waals surface area contributed by atoms with Gasteiger partial charge in [0.1, 0.15) is 5.69 Å². The number of nitrogens with zero attached hydrogens (tertiary/aromatic N) is 2. The lowest BCUT2D eigenvalue weighted by atomic mass is 9.96. The molecule has 1 aromatic rings. The molecule has 8 heteroatoms. The quantitative estimate of drug-likeness (QED) is 0.686. The van der Waals surface area contributed by atoms with Crippen molar-refractivity contribution in [3.63, 3.8) is 0 Å². The normalized spacial score (nSPS) is 16.1. The highest BCUT2D eigenvalue weighted by atomic mass is 19.2. The Balaban J connectivity index is 2.07. The minimum Gasteiger partial charge on any atom is -0.366 e. The Bertz CT molecular complexity index is 518. The molecule has 1 aliphatic rings. The summed E-state index contributed by atoms with van der Waals surface area (Å²) in [5.41, 5.74) is -0.710. The van der Waals surface area contributed by atoms with Gasteiger partial charge in [0.2, 0.25) is 17.5 Å². The van der Waals surface area contributed by atoms with E-state index in [0.717, 1.165) is 0 Å². The molecular weight excluding hydrogens is 290 g/mol. The maximum atomic E-state index is 13.6. The average molecular weight is 305 g/mol. The van der Waals surface area contributed by atoms with Gasteiger partial charge in [-0.3, -0.25) is 4.79 Å². The molecule has 1 N–H and O–H groups in total. The van der Waals surface area contributed by atoms with Gasteiger partial charge in [-0.05, 0) is 18.8 Å². The van der Waals surface area contributed by atoms with E-state index < -0.39 is 29.2 Å². The van der Waals surface area contributed by atoms with Crippen LogP contribution in [0.4, 0.5) is 23.2 Å². The molecule has 0 aliphatic carbocycles. The van der Waals surface area contributed by atoms with E-state index in [9.17, 15) is 22.4 Å². The van der Waals surface area contributed by atoms with Crippen LogP contribution in [0.3, 0.4) is 0 Å². The van der Waals surface area contributed by atoms with E-state index in [0.29, 0.717) is 19.4 Å². The van der Waals surface area contributed by atoms with E-state index in [1.807, 2.05) is 0 Å². The van der Waals surface area contributed by atoms with Crippen molar-refractivity contribution in [2.45, 2.75) is 19.8 Å². The zero-order chi connectivity index (χ0) is 15.6. The molecule has 2 rings (SSSR count). The van der Waals surface area contributed by atoms with E-state index >= 15 is 0 Å². The van der Waals surface area contributed by atoms with Crippen LogP contribution < -0.4 is 10.2 Å². The summed E-state index contributed by atoms with van der Waals surface area (Å²) in [4.78, 5) is 14.6. The lowest BCUT2D eigenvalue weighted by Gasteiger charge is -2.33. The monoisotopic (exact) mass is 305 g/mol. The number of amides is 1. The van der Waals surface area contributed by atoms with Gasteiger partial charge in [0.05, 0.1) is 0 Å². The first-order valence-electron chi connectivity index (χ1n) is 6.59.